The molecule has 0 bridgehead atoms. The van der Waals surface area contributed by atoms with Gasteiger partial charge in [-0.1, -0.05) is 60.7 Å². The summed E-state index contributed by atoms with van der Waals surface area (Å²) in [7, 11) is 0. The van der Waals surface area contributed by atoms with Crippen LogP contribution in [0.1, 0.15) is 36.9 Å². The van der Waals surface area contributed by atoms with Gasteiger partial charge in [-0.05, 0) is 30.9 Å². The Morgan fingerprint density at radius 1 is 1.08 bits per heavy atom. The number of nitrogens with one attached hydrogen (secondary N) is 1. The molecular weight excluding hydrogens is 296 g/mol. The summed E-state index contributed by atoms with van der Waals surface area (Å²) in [6.07, 6.45) is 2.05. The lowest BCUT2D eigenvalue weighted by Gasteiger charge is -2.23. The van der Waals surface area contributed by atoms with Crippen LogP contribution < -0.4 is 5.32 Å². The van der Waals surface area contributed by atoms with Gasteiger partial charge in [0.1, 0.15) is 0 Å². The molecule has 1 spiro atoms. The predicted molar refractivity (Wildman–Crippen MR) is 95.3 cm³/mol. The second-order valence-electron chi connectivity index (χ2n) is 7.18. The fourth-order valence-electron chi connectivity index (χ4n) is 3.93. The summed E-state index contributed by atoms with van der Waals surface area (Å²) in [6, 6.07) is 21.3. The SMILES string of the molecule is C[C@@H](N[C@@H]1CN(Cc2ccccc2)C(=O)C12CC2)c1ccccc1. The van der Waals surface area contributed by atoms with Gasteiger partial charge < -0.3 is 10.2 Å². The van der Waals surface area contributed by atoms with Gasteiger partial charge in [0, 0.05) is 25.2 Å². The van der Waals surface area contributed by atoms with Crippen LogP contribution in [0.15, 0.2) is 60.7 Å². The van der Waals surface area contributed by atoms with E-state index in [2.05, 4.69) is 48.6 Å². The molecule has 0 radical (unpaired) electrons. The summed E-state index contributed by atoms with van der Waals surface area (Å²) in [6.45, 7) is 3.72. The van der Waals surface area contributed by atoms with Gasteiger partial charge in [0.2, 0.25) is 5.91 Å². The van der Waals surface area contributed by atoms with Crippen molar-refractivity contribution in [1.29, 1.82) is 0 Å². The van der Waals surface area contributed by atoms with Gasteiger partial charge in [-0.2, -0.15) is 0 Å². The number of amides is 1. The number of likely N-dealkylation sites (tertiary alicyclic amines) is 1. The largest absolute Gasteiger partial charge is 0.336 e. The predicted octanol–water partition coefficient (Wildman–Crippen LogP) is 3.53. The normalized spacial score (nSPS) is 22.8. The molecule has 2 fully saturated rings. The minimum Gasteiger partial charge on any atom is -0.336 e. The van der Waals surface area contributed by atoms with Crippen LogP contribution in [0.2, 0.25) is 0 Å². The van der Waals surface area contributed by atoms with Crippen molar-refractivity contribution in [2.45, 2.75) is 38.4 Å². The van der Waals surface area contributed by atoms with Crippen molar-refractivity contribution in [3.8, 4) is 0 Å². The first-order chi connectivity index (χ1) is 11.7. The highest BCUT2D eigenvalue weighted by atomic mass is 16.2. The summed E-state index contributed by atoms with van der Waals surface area (Å²) >= 11 is 0. The zero-order valence-electron chi connectivity index (χ0n) is 14.1. The van der Waals surface area contributed by atoms with Crippen molar-refractivity contribution in [2.24, 2.45) is 5.41 Å². The second kappa shape index (κ2) is 6.06. The Kier molecular flexibility index (Phi) is 3.89. The highest BCUT2D eigenvalue weighted by Crippen LogP contribution is 2.54. The molecule has 2 aromatic carbocycles. The maximum Gasteiger partial charge on any atom is 0.230 e. The fraction of sp³-hybridized carbons (Fsp3) is 0.381. The third kappa shape index (κ3) is 2.73. The molecule has 3 nitrogen and oxygen atoms in total. The number of carbonyl (C=O) groups is 1. The first-order valence-electron chi connectivity index (χ1n) is 8.83. The Bertz CT molecular complexity index is 709. The van der Waals surface area contributed by atoms with E-state index in [9.17, 15) is 4.79 Å². The van der Waals surface area contributed by atoms with Crippen LogP contribution in [0.4, 0.5) is 0 Å². The third-order valence-electron chi connectivity index (χ3n) is 5.54. The smallest absolute Gasteiger partial charge is 0.230 e. The van der Waals surface area contributed by atoms with Crippen molar-refractivity contribution in [3.05, 3.63) is 71.8 Å². The molecule has 124 valence electrons. The molecule has 2 aromatic rings. The molecule has 1 saturated heterocycles. The quantitative estimate of drug-likeness (QED) is 0.914. The van der Waals surface area contributed by atoms with Crippen molar-refractivity contribution in [3.63, 3.8) is 0 Å². The van der Waals surface area contributed by atoms with Crippen molar-refractivity contribution < 1.29 is 4.79 Å². The monoisotopic (exact) mass is 320 g/mol. The topological polar surface area (TPSA) is 32.3 Å². The zero-order chi connectivity index (χ0) is 16.6. The molecule has 1 amide bonds. The maximum absolute atomic E-state index is 12.9. The average Bonchev–Trinajstić information content (AvgIpc) is 3.39. The van der Waals surface area contributed by atoms with Crippen LogP contribution in [-0.2, 0) is 11.3 Å². The van der Waals surface area contributed by atoms with Gasteiger partial charge >= 0.3 is 0 Å². The number of hydrogen-bond acceptors (Lipinski definition) is 2. The average molecular weight is 320 g/mol. The van der Waals surface area contributed by atoms with E-state index >= 15 is 0 Å². The molecule has 4 rings (SSSR count). The first kappa shape index (κ1) is 15.4. The van der Waals surface area contributed by atoms with Crippen LogP contribution in [0.3, 0.4) is 0 Å². The summed E-state index contributed by atoms with van der Waals surface area (Å²) in [5.41, 5.74) is 2.35. The zero-order valence-corrected chi connectivity index (χ0v) is 14.1. The summed E-state index contributed by atoms with van der Waals surface area (Å²) in [5, 5.41) is 3.73. The second-order valence-corrected chi connectivity index (χ2v) is 7.18. The minimum absolute atomic E-state index is 0.141. The van der Waals surface area contributed by atoms with Crippen LogP contribution in [0.5, 0.6) is 0 Å². The van der Waals surface area contributed by atoms with Crippen molar-refractivity contribution >= 4 is 5.91 Å². The van der Waals surface area contributed by atoms with Crippen LogP contribution in [0, 0.1) is 5.41 Å². The molecule has 1 saturated carbocycles. The molecule has 0 aromatic heterocycles. The molecule has 2 aliphatic rings. The number of carbonyl (C=O) groups excluding carboxylic acids is 1. The molecule has 1 aliphatic carbocycles. The van der Waals surface area contributed by atoms with E-state index in [-0.39, 0.29) is 17.5 Å². The first-order valence-corrected chi connectivity index (χ1v) is 8.83. The fourth-order valence-corrected chi connectivity index (χ4v) is 3.93. The van der Waals surface area contributed by atoms with Gasteiger partial charge in [-0.15, -0.1) is 0 Å². The van der Waals surface area contributed by atoms with E-state index in [1.807, 2.05) is 29.2 Å². The number of hydrogen-bond donors (Lipinski definition) is 1. The summed E-state index contributed by atoms with van der Waals surface area (Å²) in [4.78, 5) is 14.9. The standard InChI is InChI=1S/C21H24N2O/c1-16(18-10-6-3-7-11-18)22-19-15-23(20(24)21(19)12-13-21)14-17-8-4-2-5-9-17/h2-11,16,19,22H,12-15H2,1H3/t16-,19-/m1/s1. The van der Waals surface area contributed by atoms with Crippen molar-refractivity contribution in [2.75, 3.05) is 6.54 Å². The lowest BCUT2D eigenvalue weighted by atomic mass is 9.98. The summed E-state index contributed by atoms with van der Waals surface area (Å²) in [5.74, 6) is 0.337. The van der Waals surface area contributed by atoms with Gasteiger partial charge in [0.05, 0.1) is 5.41 Å². The Balaban J connectivity index is 1.47. The van der Waals surface area contributed by atoms with Crippen LogP contribution in [0.25, 0.3) is 0 Å². The van der Waals surface area contributed by atoms with Gasteiger partial charge in [0.15, 0.2) is 0 Å². The molecule has 2 atom stereocenters. The van der Waals surface area contributed by atoms with E-state index in [1.165, 1.54) is 11.1 Å². The molecule has 1 heterocycles. The molecule has 0 unspecified atom stereocenters. The maximum atomic E-state index is 12.9. The van der Waals surface area contributed by atoms with E-state index in [0.717, 1.165) is 25.9 Å². The Morgan fingerprint density at radius 2 is 1.71 bits per heavy atom. The molecule has 24 heavy (non-hydrogen) atoms. The number of nitrogens with zero attached hydrogens (tertiary/aromatic N) is 1. The Hall–Kier alpha value is -2.13. The Morgan fingerprint density at radius 3 is 2.33 bits per heavy atom. The number of benzene rings is 2. The van der Waals surface area contributed by atoms with E-state index in [1.54, 1.807) is 0 Å². The number of rotatable bonds is 5. The van der Waals surface area contributed by atoms with E-state index in [0.29, 0.717) is 5.91 Å². The minimum atomic E-state index is -0.141. The van der Waals surface area contributed by atoms with Gasteiger partial charge in [0.25, 0.3) is 0 Å². The molecule has 1 aliphatic heterocycles. The van der Waals surface area contributed by atoms with E-state index in [4.69, 9.17) is 0 Å². The highest BCUT2D eigenvalue weighted by molar-refractivity contribution is 5.88. The van der Waals surface area contributed by atoms with E-state index < -0.39 is 0 Å². The summed E-state index contributed by atoms with van der Waals surface area (Å²) < 4.78 is 0. The molecule has 3 heteroatoms. The van der Waals surface area contributed by atoms with Crippen molar-refractivity contribution in [1.82, 2.24) is 10.2 Å². The van der Waals surface area contributed by atoms with Crippen LogP contribution in [-0.4, -0.2) is 23.4 Å². The highest BCUT2D eigenvalue weighted by Gasteiger charge is 2.61. The van der Waals surface area contributed by atoms with Gasteiger partial charge in [-0.25, -0.2) is 0 Å². The lowest BCUT2D eigenvalue weighted by Crippen LogP contribution is -2.39. The van der Waals surface area contributed by atoms with Crippen LogP contribution >= 0.6 is 0 Å². The Labute approximate surface area is 143 Å². The molecular formula is C21H24N2O. The molecule has 1 N–H and O–H groups in total. The third-order valence-corrected chi connectivity index (χ3v) is 5.54. The lowest BCUT2D eigenvalue weighted by molar-refractivity contribution is -0.132. The van der Waals surface area contributed by atoms with Gasteiger partial charge in [-0.3, -0.25) is 4.79 Å².